The summed E-state index contributed by atoms with van der Waals surface area (Å²) in [7, 11) is 0. The standard InChI is InChI=1S/C15H22N2O3/c1-4-10(2)9-11(3)16-15(20)17-13-7-5-12(6-8-13)14(18)19/h5-8,10-11H,4,9H2,1-3H3,(H,18,19)(H2,16,17,20). The minimum absolute atomic E-state index is 0.100. The molecule has 3 N–H and O–H groups in total. The molecule has 0 fully saturated rings. The predicted molar refractivity (Wildman–Crippen MR) is 79.1 cm³/mol. The molecule has 0 bridgehead atoms. The van der Waals surface area contributed by atoms with Crippen molar-refractivity contribution in [1.29, 1.82) is 0 Å². The van der Waals surface area contributed by atoms with E-state index in [1.165, 1.54) is 12.1 Å². The number of rotatable bonds is 6. The molecule has 0 aliphatic heterocycles. The van der Waals surface area contributed by atoms with E-state index in [4.69, 9.17) is 5.11 Å². The van der Waals surface area contributed by atoms with Crippen LogP contribution in [0.2, 0.25) is 0 Å². The van der Waals surface area contributed by atoms with Gasteiger partial charge in [-0.25, -0.2) is 9.59 Å². The maximum atomic E-state index is 11.8. The van der Waals surface area contributed by atoms with Gasteiger partial charge in [0, 0.05) is 11.7 Å². The fourth-order valence-electron chi connectivity index (χ4n) is 1.92. The number of benzene rings is 1. The lowest BCUT2D eigenvalue weighted by Crippen LogP contribution is -2.36. The number of carboxylic acids is 1. The van der Waals surface area contributed by atoms with Crippen LogP contribution in [0.5, 0.6) is 0 Å². The number of aromatic carboxylic acids is 1. The first-order valence-electron chi connectivity index (χ1n) is 6.83. The summed E-state index contributed by atoms with van der Waals surface area (Å²) in [5, 5.41) is 14.3. The van der Waals surface area contributed by atoms with Crippen molar-refractivity contribution in [2.45, 2.75) is 39.7 Å². The predicted octanol–water partition coefficient (Wildman–Crippen LogP) is 3.33. The van der Waals surface area contributed by atoms with E-state index in [2.05, 4.69) is 24.5 Å². The van der Waals surface area contributed by atoms with Crippen molar-refractivity contribution in [2.75, 3.05) is 5.32 Å². The number of carbonyl (C=O) groups is 2. The average molecular weight is 278 g/mol. The lowest BCUT2D eigenvalue weighted by atomic mass is 10.0. The van der Waals surface area contributed by atoms with Gasteiger partial charge in [0.05, 0.1) is 5.56 Å². The molecule has 2 amide bonds. The van der Waals surface area contributed by atoms with Crippen LogP contribution in [0.3, 0.4) is 0 Å². The van der Waals surface area contributed by atoms with Crippen molar-refractivity contribution in [2.24, 2.45) is 5.92 Å². The van der Waals surface area contributed by atoms with E-state index in [0.29, 0.717) is 11.6 Å². The van der Waals surface area contributed by atoms with Gasteiger partial charge in [0.1, 0.15) is 0 Å². The molecule has 1 aromatic rings. The zero-order valence-corrected chi connectivity index (χ0v) is 12.1. The molecule has 2 atom stereocenters. The monoisotopic (exact) mass is 278 g/mol. The Balaban J connectivity index is 2.47. The molecule has 5 heteroatoms. The third-order valence-electron chi connectivity index (χ3n) is 3.22. The van der Waals surface area contributed by atoms with Gasteiger partial charge in [-0.05, 0) is 43.5 Å². The zero-order chi connectivity index (χ0) is 15.1. The van der Waals surface area contributed by atoms with E-state index in [1.807, 2.05) is 6.92 Å². The second kappa shape index (κ2) is 7.53. The largest absolute Gasteiger partial charge is 0.478 e. The average Bonchev–Trinajstić information content (AvgIpc) is 2.38. The van der Waals surface area contributed by atoms with Gasteiger partial charge in [-0.15, -0.1) is 0 Å². The Hall–Kier alpha value is -2.04. The van der Waals surface area contributed by atoms with Crippen molar-refractivity contribution < 1.29 is 14.7 Å². The van der Waals surface area contributed by atoms with Crippen LogP contribution in [0.4, 0.5) is 10.5 Å². The Kier molecular flexibility index (Phi) is 6.03. The number of nitrogens with one attached hydrogen (secondary N) is 2. The summed E-state index contributed by atoms with van der Waals surface area (Å²) >= 11 is 0. The highest BCUT2D eigenvalue weighted by molar-refractivity contribution is 5.91. The highest BCUT2D eigenvalue weighted by atomic mass is 16.4. The Morgan fingerprint density at radius 3 is 2.30 bits per heavy atom. The van der Waals surface area contributed by atoms with Crippen molar-refractivity contribution >= 4 is 17.7 Å². The van der Waals surface area contributed by atoms with Gasteiger partial charge in [-0.1, -0.05) is 20.3 Å². The van der Waals surface area contributed by atoms with E-state index in [1.54, 1.807) is 12.1 Å². The number of anilines is 1. The van der Waals surface area contributed by atoms with Gasteiger partial charge in [0.15, 0.2) is 0 Å². The fourth-order valence-corrected chi connectivity index (χ4v) is 1.92. The molecule has 0 aromatic heterocycles. The van der Waals surface area contributed by atoms with E-state index >= 15 is 0 Å². The lowest BCUT2D eigenvalue weighted by molar-refractivity contribution is 0.0697. The molecule has 2 unspecified atom stereocenters. The van der Waals surface area contributed by atoms with Crippen LogP contribution in [-0.4, -0.2) is 23.1 Å². The summed E-state index contributed by atoms with van der Waals surface area (Å²) in [6.07, 6.45) is 2.02. The SMILES string of the molecule is CCC(C)CC(C)NC(=O)Nc1ccc(C(=O)O)cc1. The first kappa shape index (κ1) is 16.0. The first-order chi connectivity index (χ1) is 9.42. The molecule has 0 saturated heterocycles. The van der Waals surface area contributed by atoms with Crippen LogP contribution in [-0.2, 0) is 0 Å². The topological polar surface area (TPSA) is 78.4 Å². The van der Waals surface area contributed by atoms with Crippen LogP contribution in [0.25, 0.3) is 0 Å². The summed E-state index contributed by atoms with van der Waals surface area (Å²) < 4.78 is 0. The molecule has 0 heterocycles. The number of amides is 2. The molecule has 5 nitrogen and oxygen atoms in total. The summed E-state index contributed by atoms with van der Waals surface area (Å²) in [6.45, 7) is 6.25. The fraction of sp³-hybridized carbons (Fsp3) is 0.467. The second-order valence-corrected chi connectivity index (χ2v) is 5.13. The highest BCUT2D eigenvalue weighted by Crippen LogP contribution is 2.11. The Morgan fingerprint density at radius 2 is 1.80 bits per heavy atom. The molecule has 0 aliphatic carbocycles. The minimum Gasteiger partial charge on any atom is -0.478 e. The molecule has 0 radical (unpaired) electrons. The van der Waals surface area contributed by atoms with Crippen LogP contribution in [0.1, 0.15) is 44.0 Å². The molecule has 1 rings (SSSR count). The summed E-state index contributed by atoms with van der Waals surface area (Å²) in [4.78, 5) is 22.5. The number of hydrogen-bond acceptors (Lipinski definition) is 2. The number of carboxylic acid groups (broad SMARTS) is 1. The third-order valence-corrected chi connectivity index (χ3v) is 3.22. The van der Waals surface area contributed by atoms with E-state index in [-0.39, 0.29) is 17.6 Å². The van der Waals surface area contributed by atoms with Crippen molar-refractivity contribution in [3.63, 3.8) is 0 Å². The maximum absolute atomic E-state index is 11.8. The summed E-state index contributed by atoms with van der Waals surface area (Å²) in [5.41, 5.74) is 0.768. The summed E-state index contributed by atoms with van der Waals surface area (Å²) in [6, 6.07) is 5.89. The smallest absolute Gasteiger partial charge is 0.335 e. The molecular weight excluding hydrogens is 256 g/mol. The molecule has 110 valence electrons. The van der Waals surface area contributed by atoms with E-state index in [0.717, 1.165) is 12.8 Å². The van der Waals surface area contributed by atoms with Crippen molar-refractivity contribution in [3.8, 4) is 0 Å². The molecule has 0 saturated carbocycles. The number of hydrogen-bond donors (Lipinski definition) is 3. The molecule has 1 aromatic carbocycles. The number of carbonyl (C=O) groups excluding carboxylic acids is 1. The van der Waals surface area contributed by atoms with Crippen LogP contribution < -0.4 is 10.6 Å². The van der Waals surface area contributed by atoms with Crippen molar-refractivity contribution in [1.82, 2.24) is 5.32 Å². The molecule has 0 spiro atoms. The van der Waals surface area contributed by atoms with Gasteiger partial charge in [0.25, 0.3) is 0 Å². The van der Waals surface area contributed by atoms with Gasteiger partial charge >= 0.3 is 12.0 Å². The lowest BCUT2D eigenvalue weighted by Gasteiger charge is -2.17. The number of urea groups is 1. The van der Waals surface area contributed by atoms with E-state index < -0.39 is 5.97 Å². The van der Waals surface area contributed by atoms with Gasteiger partial charge < -0.3 is 15.7 Å². The first-order valence-corrected chi connectivity index (χ1v) is 6.83. The second-order valence-electron chi connectivity index (χ2n) is 5.13. The van der Waals surface area contributed by atoms with Gasteiger partial charge in [-0.3, -0.25) is 0 Å². The Morgan fingerprint density at radius 1 is 1.20 bits per heavy atom. The Bertz CT molecular complexity index is 457. The molecular formula is C15H22N2O3. The van der Waals surface area contributed by atoms with Gasteiger partial charge in [-0.2, -0.15) is 0 Å². The summed E-state index contributed by atoms with van der Waals surface area (Å²) in [5.74, 6) is -0.414. The molecule has 20 heavy (non-hydrogen) atoms. The highest BCUT2D eigenvalue weighted by Gasteiger charge is 2.10. The zero-order valence-electron chi connectivity index (χ0n) is 12.1. The van der Waals surface area contributed by atoms with Crippen LogP contribution in [0.15, 0.2) is 24.3 Å². The van der Waals surface area contributed by atoms with E-state index in [9.17, 15) is 9.59 Å². The Labute approximate surface area is 119 Å². The molecule has 0 aliphatic rings. The third kappa shape index (κ3) is 5.30. The van der Waals surface area contributed by atoms with Crippen molar-refractivity contribution in [3.05, 3.63) is 29.8 Å². The van der Waals surface area contributed by atoms with Crippen LogP contribution in [0, 0.1) is 5.92 Å². The van der Waals surface area contributed by atoms with Crippen LogP contribution >= 0.6 is 0 Å². The van der Waals surface area contributed by atoms with Gasteiger partial charge in [0.2, 0.25) is 0 Å². The minimum atomic E-state index is -0.983. The quantitative estimate of drug-likeness (QED) is 0.746. The normalized spacial score (nSPS) is 13.3. The maximum Gasteiger partial charge on any atom is 0.335 e.